The molecule has 0 saturated carbocycles. The van der Waals surface area contributed by atoms with Crippen LogP contribution in [0.5, 0.6) is 5.75 Å². The van der Waals surface area contributed by atoms with Crippen LogP contribution in [-0.4, -0.2) is 34.6 Å². The molecule has 0 aliphatic carbocycles. The first-order valence-electron chi connectivity index (χ1n) is 9.34. The smallest absolute Gasteiger partial charge is 0.326 e. The van der Waals surface area contributed by atoms with Crippen LogP contribution in [-0.2, 0) is 20.9 Å². The second-order valence-electron chi connectivity index (χ2n) is 6.03. The maximum absolute atomic E-state index is 12.4. The third-order valence-corrected chi connectivity index (χ3v) is 5.99. The number of para-hydroxylation sites is 1. The molecule has 162 valence electrons. The van der Waals surface area contributed by atoms with Gasteiger partial charge in [0.15, 0.2) is 4.80 Å². The average molecular weight is 462 g/mol. The summed E-state index contributed by atoms with van der Waals surface area (Å²) in [6, 6.07) is 8.40. The lowest BCUT2D eigenvalue weighted by Gasteiger charge is -2.09. The summed E-state index contributed by atoms with van der Waals surface area (Å²) in [6.45, 7) is 4.13. The van der Waals surface area contributed by atoms with Gasteiger partial charge in [-0.1, -0.05) is 28.7 Å². The zero-order valence-electron chi connectivity index (χ0n) is 16.8. The van der Waals surface area contributed by atoms with E-state index in [0.29, 0.717) is 27.6 Å². The van der Waals surface area contributed by atoms with E-state index in [-0.39, 0.29) is 18.2 Å². The lowest BCUT2D eigenvalue weighted by Crippen LogP contribution is -2.23. The van der Waals surface area contributed by atoms with E-state index in [1.54, 1.807) is 23.6 Å². The molecule has 0 spiro atoms. The molecule has 0 N–H and O–H groups in total. The number of carbonyl (C=O) groups is 2. The van der Waals surface area contributed by atoms with Crippen LogP contribution in [0.15, 0.2) is 41.4 Å². The lowest BCUT2D eigenvalue weighted by atomic mass is 10.3. The SMILES string of the molecule is CCOC(=O)Cn1c(=NC(=O)/C=C/c2ccc([N+](=O)[O-])s2)sc2cccc(OCC)c21. The van der Waals surface area contributed by atoms with Crippen LogP contribution < -0.4 is 9.54 Å². The second kappa shape index (κ2) is 10.1. The molecule has 31 heavy (non-hydrogen) atoms. The Morgan fingerprint density at radius 1 is 1.19 bits per heavy atom. The van der Waals surface area contributed by atoms with Crippen LogP contribution in [0.2, 0.25) is 0 Å². The largest absolute Gasteiger partial charge is 0.492 e. The first kappa shape index (κ1) is 22.4. The Morgan fingerprint density at radius 2 is 2.00 bits per heavy atom. The molecule has 1 aromatic carbocycles. The summed E-state index contributed by atoms with van der Waals surface area (Å²) >= 11 is 2.21. The number of thiazole rings is 1. The molecule has 0 atom stereocenters. The number of nitro groups is 1. The summed E-state index contributed by atoms with van der Waals surface area (Å²) < 4.78 is 13.2. The number of rotatable bonds is 8. The fourth-order valence-corrected chi connectivity index (χ4v) is 4.53. The zero-order valence-corrected chi connectivity index (χ0v) is 18.4. The quantitative estimate of drug-likeness (QED) is 0.218. The van der Waals surface area contributed by atoms with E-state index < -0.39 is 16.8 Å². The van der Waals surface area contributed by atoms with Crippen LogP contribution in [0.25, 0.3) is 16.3 Å². The van der Waals surface area contributed by atoms with E-state index in [1.165, 1.54) is 29.6 Å². The molecule has 3 aromatic rings. The first-order valence-corrected chi connectivity index (χ1v) is 11.0. The summed E-state index contributed by atoms with van der Waals surface area (Å²) in [6.07, 6.45) is 2.70. The minimum absolute atomic E-state index is 0.00993. The van der Waals surface area contributed by atoms with Crippen molar-refractivity contribution < 1.29 is 24.0 Å². The molecule has 1 amide bonds. The fourth-order valence-electron chi connectivity index (χ4n) is 2.75. The number of hydrogen-bond acceptors (Lipinski definition) is 8. The highest BCUT2D eigenvalue weighted by molar-refractivity contribution is 7.16. The highest BCUT2D eigenvalue weighted by atomic mass is 32.1. The molecule has 0 fully saturated rings. The van der Waals surface area contributed by atoms with Gasteiger partial charge in [0, 0.05) is 17.0 Å². The topological polar surface area (TPSA) is 113 Å². The van der Waals surface area contributed by atoms with Gasteiger partial charge in [0.1, 0.15) is 17.8 Å². The summed E-state index contributed by atoms with van der Waals surface area (Å²) in [5.74, 6) is -0.432. The van der Waals surface area contributed by atoms with Gasteiger partial charge in [-0.2, -0.15) is 4.99 Å². The highest BCUT2D eigenvalue weighted by Crippen LogP contribution is 2.28. The number of thiophene rings is 1. The first-order chi connectivity index (χ1) is 14.9. The van der Waals surface area contributed by atoms with E-state index in [1.807, 2.05) is 19.1 Å². The van der Waals surface area contributed by atoms with Gasteiger partial charge in [-0.3, -0.25) is 19.7 Å². The molecule has 0 aliphatic rings. The molecule has 0 radical (unpaired) electrons. The third-order valence-electron chi connectivity index (χ3n) is 3.94. The number of ether oxygens (including phenoxy) is 2. The van der Waals surface area contributed by atoms with Crippen LogP contribution in [0.3, 0.4) is 0 Å². The Balaban J connectivity index is 2.00. The van der Waals surface area contributed by atoms with Gasteiger partial charge in [-0.15, -0.1) is 0 Å². The molecular weight excluding hydrogens is 442 g/mol. The highest BCUT2D eigenvalue weighted by Gasteiger charge is 2.15. The van der Waals surface area contributed by atoms with Crippen molar-refractivity contribution in [2.45, 2.75) is 20.4 Å². The van der Waals surface area contributed by atoms with E-state index in [0.717, 1.165) is 16.0 Å². The average Bonchev–Trinajstić information content (AvgIpc) is 3.33. The Morgan fingerprint density at radius 3 is 2.68 bits per heavy atom. The number of hydrogen-bond donors (Lipinski definition) is 0. The van der Waals surface area contributed by atoms with Gasteiger partial charge in [-0.25, -0.2) is 0 Å². The van der Waals surface area contributed by atoms with E-state index in [4.69, 9.17) is 9.47 Å². The number of carbonyl (C=O) groups excluding carboxylic acids is 2. The predicted octanol–water partition coefficient (Wildman–Crippen LogP) is 3.78. The monoisotopic (exact) mass is 461 g/mol. The normalized spacial score (nSPS) is 11.9. The minimum Gasteiger partial charge on any atom is -0.492 e. The molecule has 0 aliphatic heterocycles. The van der Waals surface area contributed by atoms with E-state index in [2.05, 4.69) is 4.99 Å². The molecule has 0 unspecified atom stereocenters. The maximum atomic E-state index is 12.4. The molecular formula is C20H19N3O6S2. The number of fused-ring (bicyclic) bond motifs is 1. The van der Waals surface area contributed by atoms with Crippen molar-refractivity contribution >= 4 is 55.8 Å². The zero-order chi connectivity index (χ0) is 22.4. The van der Waals surface area contributed by atoms with Gasteiger partial charge >= 0.3 is 11.0 Å². The standard InChI is InChI=1S/C20H19N3O6S2/c1-3-28-14-6-5-7-15-19(14)22(12-18(25)29-4-2)20(31-15)21-16(24)10-8-13-9-11-17(30-13)23(26)27/h5-11H,3-4,12H2,1-2H3/b10-8+,21-20?. The summed E-state index contributed by atoms with van der Waals surface area (Å²) in [7, 11) is 0. The van der Waals surface area contributed by atoms with Gasteiger partial charge in [0.2, 0.25) is 0 Å². The van der Waals surface area contributed by atoms with E-state index in [9.17, 15) is 19.7 Å². The molecule has 0 bridgehead atoms. The van der Waals surface area contributed by atoms with Gasteiger partial charge in [0.25, 0.3) is 5.91 Å². The second-order valence-corrected chi connectivity index (χ2v) is 8.13. The third kappa shape index (κ3) is 5.44. The Bertz CT molecular complexity index is 1220. The Labute approximate surface area is 185 Å². The van der Waals surface area contributed by atoms with Crippen LogP contribution in [0.4, 0.5) is 5.00 Å². The van der Waals surface area contributed by atoms with Gasteiger partial charge in [-0.05, 0) is 38.1 Å². The number of nitrogens with zero attached hydrogens (tertiary/aromatic N) is 3. The number of aromatic nitrogens is 1. The Hall–Kier alpha value is -3.31. The molecule has 3 rings (SSSR count). The Kier molecular flexibility index (Phi) is 7.32. The molecule has 0 saturated heterocycles. The summed E-state index contributed by atoms with van der Waals surface area (Å²) in [5.41, 5.74) is 0.659. The molecule has 9 nitrogen and oxygen atoms in total. The van der Waals surface area contributed by atoms with Crippen molar-refractivity contribution in [1.82, 2.24) is 4.57 Å². The van der Waals surface area contributed by atoms with Crippen molar-refractivity contribution in [3.05, 3.63) is 56.2 Å². The molecule has 2 heterocycles. The lowest BCUT2D eigenvalue weighted by molar-refractivity contribution is -0.380. The van der Waals surface area contributed by atoms with Crippen molar-refractivity contribution in [1.29, 1.82) is 0 Å². The maximum Gasteiger partial charge on any atom is 0.326 e. The van der Waals surface area contributed by atoms with Crippen molar-refractivity contribution in [3.63, 3.8) is 0 Å². The minimum atomic E-state index is -0.557. The van der Waals surface area contributed by atoms with Crippen LogP contribution >= 0.6 is 22.7 Å². The van der Waals surface area contributed by atoms with Gasteiger partial charge in [0.05, 0.1) is 22.8 Å². The van der Waals surface area contributed by atoms with Crippen molar-refractivity contribution in [2.24, 2.45) is 4.99 Å². The predicted molar refractivity (Wildman–Crippen MR) is 118 cm³/mol. The van der Waals surface area contributed by atoms with Gasteiger partial charge < -0.3 is 14.0 Å². The molecule has 2 aromatic heterocycles. The molecule has 11 heteroatoms. The van der Waals surface area contributed by atoms with Crippen LogP contribution in [0, 0.1) is 10.1 Å². The van der Waals surface area contributed by atoms with Crippen molar-refractivity contribution in [2.75, 3.05) is 13.2 Å². The summed E-state index contributed by atoms with van der Waals surface area (Å²) in [5, 5.41) is 10.8. The van der Waals surface area contributed by atoms with Crippen molar-refractivity contribution in [3.8, 4) is 5.75 Å². The van der Waals surface area contributed by atoms with E-state index >= 15 is 0 Å². The fraction of sp³-hybridized carbons (Fsp3) is 0.250. The number of amides is 1. The summed E-state index contributed by atoms with van der Waals surface area (Å²) in [4.78, 5) is 39.9. The van der Waals surface area contributed by atoms with Crippen LogP contribution in [0.1, 0.15) is 18.7 Å². The number of esters is 1. The number of benzene rings is 1.